The summed E-state index contributed by atoms with van der Waals surface area (Å²) in [5.41, 5.74) is 1.44. The first-order valence-electron chi connectivity index (χ1n) is 9.03. The van der Waals surface area contributed by atoms with Crippen LogP contribution in [0.5, 0.6) is 0 Å². The van der Waals surface area contributed by atoms with E-state index in [0.717, 1.165) is 17.7 Å². The second kappa shape index (κ2) is 8.87. The van der Waals surface area contributed by atoms with E-state index in [1.54, 1.807) is 66.5 Å². The Balaban J connectivity index is 1.88. The Morgan fingerprint density at radius 1 is 1.00 bits per heavy atom. The lowest BCUT2D eigenvalue weighted by molar-refractivity contribution is -0.137. The largest absolute Gasteiger partial charge is 0.416 e. The smallest absolute Gasteiger partial charge is 0.265 e. The van der Waals surface area contributed by atoms with Crippen molar-refractivity contribution in [2.45, 2.75) is 6.18 Å². The molecule has 0 atom stereocenters. The number of pyridine rings is 1. The van der Waals surface area contributed by atoms with Crippen molar-refractivity contribution in [2.75, 3.05) is 0 Å². The van der Waals surface area contributed by atoms with E-state index >= 15 is 0 Å². The van der Waals surface area contributed by atoms with Crippen LogP contribution in [0.4, 0.5) is 18.9 Å². The minimum Gasteiger partial charge on any atom is -0.265 e. The molecule has 2 aromatic heterocycles. The van der Waals surface area contributed by atoms with Crippen molar-refractivity contribution in [2.24, 2.45) is 10.1 Å². The lowest BCUT2D eigenvalue weighted by Gasteiger charge is -2.09. The predicted octanol–water partition coefficient (Wildman–Crippen LogP) is 6.40. The van der Waals surface area contributed by atoms with Crippen LogP contribution in [0, 0.1) is 0 Å². The maximum atomic E-state index is 13.2. The first kappa shape index (κ1) is 21.0. The molecule has 4 nitrogen and oxygen atoms in total. The van der Waals surface area contributed by atoms with Crippen LogP contribution in [0.3, 0.4) is 0 Å². The molecule has 0 bridgehead atoms. The first-order chi connectivity index (χ1) is 14.9. The Hall–Kier alpha value is -3.23. The van der Waals surface area contributed by atoms with Crippen LogP contribution in [0.1, 0.15) is 11.1 Å². The average molecular weight is 459 g/mol. The van der Waals surface area contributed by atoms with Crippen LogP contribution in [-0.2, 0) is 6.18 Å². The molecule has 0 unspecified atom stereocenters. The number of alkyl halides is 3. The average Bonchev–Trinajstić information content (AvgIpc) is 3.16. The summed E-state index contributed by atoms with van der Waals surface area (Å²) in [4.78, 5) is 9.00. The molecule has 0 N–H and O–H groups in total. The van der Waals surface area contributed by atoms with Crippen molar-refractivity contribution in [3.05, 3.63) is 99.4 Å². The van der Waals surface area contributed by atoms with Crippen molar-refractivity contribution < 1.29 is 13.2 Å². The lowest BCUT2D eigenvalue weighted by atomic mass is 10.1. The molecule has 0 amide bonds. The molecular weight excluding hydrogens is 445 g/mol. The van der Waals surface area contributed by atoms with Gasteiger partial charge in [0.25, 0.3) is 0 Å². The topological polar surface area (TPSA) is 42.5 Å². The first-order valence-corrected chi connectivity index (χ1v) is 10.3. The number of para-hydroxylation sites is 1. The summed E-state index contributed by atoms with van der Waals surface area (Å²) in [6.07, 6.45) is 0.407. The Morgan fingerprint density at radius 3 is 2.52 bits per heavy atom. The summed E-state index contributed by atoms with van der Waals surface area (Å²) in [5.74, 6) is 0. The molecule has 2 aromatic carbocycles. The normalized spacial score (nSPS) is 12.6. The van der Waals surface area contributed by atoms with E-state index in [4.69, 9.17) is 11.6 Å². The summed E-state index contributed by atoms with van der Waals surface area (Å²) < 4.78 is 41.2. The van der Waals surface area contributed by atoms with Gasteiger partial charge in [-0.2, -0.15) is 18.3 Å². The standard InChI is InChI=1S/C22H14ClF3N4S/c23-18-6-1-2-7-19(18)29-21-30(28-13-15-8-10-27-11-9-15)20(14-31-21)16-4-3-5-17(12-16)22(24,25)26/h1-14H/b28-13-,29-21?. The second-order valence-corrected chi connectivity index (χ2v) is 7.63. The van der Waals surface area contributed by atoms with Gasteiger partial charge in [-0.25, -0.2) is 9.67 Å². The minimum absolute atomic E-state index is 0.374. The Morgan fingerprint density at radius 2 is 1.77 bits per heavy atom. The summed E-state index contributed by atoms with van der Waals surface area (Å²) in [7, 11) is 0. The van der Waals surface area contributed by atoms with E-state index < -0.39 is 11.7 Å². The Labute approximate surface area is 184 Å². The van der Waals surface area contributed by atoms with Crippen LogP contribution < -0.4 is 4.80 Å². The van der Waals surface area contributed by atoms with Crippen LogP contribution in [0.25, 0.3) is 11.3 Å². The number of thiazole rings is 1. The number of hydrogen-bond donors (Lipinski definition) is 0. The van der Waals surface area contributed by atoms with Crippen molar-refractivity contribution >= 4 is 34.8 Å². The van der Waals surface area contributed by atoms with Gasteiger partial charge in [-0.3, -0.25) is 4.98 Å². The summed E-state index contributed by atoms with van der Waals surface area (Å²) in [5, 5.41) is 6.66. The maximum Gasteiger partial charge on any atom is 0.416 e. The summed E-state index contributed by atoms with van der Waals surface area (Å²) in [6.45, 7) is 0. The van der Waals surface area contributed by atoms with E-state index in [1.165, 1.54) is 22.1 Å². The van der Waals surface area contributed by atoms with E-state index in [1.807, 2.05) is 0 Å². The third kappa shape index (κ3) is 4.92. The van der Waals surface area contributed by atoms with Crippen LogP contribution in [0.15, 0.2) is 88.5 Å². The SMILES string of the molecule is FC(F)(F)c1cccc(-c2csc(=Nc3ccccc3Cl)n2/N=C\c2ccncc2)c1. The molecule has 0 aliphatic heterocycles. The highest BCUT2D eigenvalue weighted by atomic mass is 35.5. The van der Waals surface area contributed by atoms with Crippen molar-refractivity contribution in [3.63, 3.8) is 0 Å². The van der Waals surface area contributed by atoms with Gasteiger partial charge in [0.2, 0.25) is 4.80 Å². The molecule has 0 fully saturated rings. The fourth-order valence-corrected chi connectivity index (χ4v) is 3.79. The highest BCUT2D eigenvalue weighted by molar-refractivity contribution is 7.07. The lowest BCUT2D eigenvalue weighted by Crippen LogP contribution is -2.12. The van der Waals surface area contributed by atoms with Crippen LogP contribution >= 0.6 is 22.9 Å². The van der Waals surface area contributed by atoms with Crippen molar-refractivity contribution in [3.8, 4) is 11.3 Å². The summed E-state index contributed by atoms with van der Waals surface area (Å²) >= 11 is 7.48. The Kier molecular flexibility index (Phi) is 6.01. The number of hydrogen-bond acceptors (Lipinski definition) is 4. The van der Waals surface area contributed by atoms with Gasteiger partial charge < -0.3 is 0 Å². The number of nitrogens with zero attached hydrogens (tertiary/aromatic N) is 4. The molecular formula is C22H14ClF3N4S. The molecule has 4 aromatic rings. The monoisotopic (exact) mass is 458 g/mol. The zero-order valence-electron chi connectivity index (χ0n) is 15.8. The second-order valence-electron chi connectivity index (χ2n) is 6.38. The van der Waals surface area contributed by atoms with Gasteiger partial charge in [-0.1, -0.05) is 35.9 Å². The fourth-order valence-electron chi connectivity index (χ4n) is 2.76. The molecule has 4 rings (SSSR count). The van der Waals surface area contributed by atoms with Gasteiger partial charge in [0.15, 0.2) is 0 Å². The third-order valence-corrected chi connectivity index (χ3v) is 5.40. The van der Waals surface area contributed by atoms with Gasteiger partial charge in [0, 0.05) is 23.3 Å². The van der Waals surface area contributed by atoms with Gasteiger partial charge in [0.05, 0.1) is 28.2 Å². The maximum absolute atomic E-state index is 13.2. The van der Waals surface area contributed by atoms with Gasteiger partial charge >= 0.3 is 6.18 Å². The third-order valence-electron chi connectivity index (χ3n) is 4.27. The highest BCUT2D eigenvalue weighted by Gasteiger charge is 2.30. The Bertz CT molecular complexity index is 1290. The van der Waals surface area contributed by atoms with Crippen LogP contribution in [-0.4, -0.2) is 15.9 Å². The number of rotatable bonds is 4. The number of benzene rings is 2. The van der Waals surface area contributed by atoms with Gasteiger partial charge in [-0.05, 0) is 42.0 Å². The van der Waals surface area contributed by atoms with Crippen LogP contribution in [0.2, 0.25) is 5.02 Å². The number of aromatic nitrogens is 2. The quantitative estimate of drug-likeness (QED) is 0.326. The molecule has 0 aliphatic rings. The number of halogens is 4. The van der Waals surface area contributed by atoms with E-state index in [0.29, 0.717) is 26.8 Å². The zero-order chi connectivity index (χ0) is 21.8. The summed E-state index contributed by atoms with van der Waals surface area (Å²) in [6, 6.07) is 15.7. The molecule has 156 valence electrons. The molecule has 31 heavy (non-hydrogen) atoms. The molecule has 0 saturated heterocycles. The molecule has 0 radical (unpaired) electrons. The molecule has 9 heteroatoms. The molecule has 0 saturated carbocycles. The minimum atomic E-state index is -4.44. The van der Waals surface area contributed by atoms with Crippen molar-refractivity contribution in [1.29, 1.82) is 0 Å². The van der Waals surface area contributed by atoms with E-state index in [2.05, 4.69) is 15.1 Å². The predicted molar refractivity (Wildman–Crippen MR) is 117 cm³/mol. The molecule has 0 aliphatic carbocycles. The molecule has 2 heterocycles. The fraction of sp³-hybridized carbons (Fsp3) is 0.0455. The van der Waals surface area contributed by atoms with E-state index in [9.17, 15) is 13.2 Å². The zero-order valence-corrected chi connectivity index (χ0v) is 17.4. The van der Waals surface area contributed by atoms with E-state index in [-0.39, 0.29) is 0 Å². The highest BCUT2D eigenvalue weighted by Crippen LogP contribution is 2.32. The van der Waals surface area contributed by atoms with Gasteiger partial charge in [-0.15, -0.1) is 11.3 Å². The van der Waals surface area contributed by atoms with Crippen molar-refractivity contribution in [1.82, 2.24) is 9.66 Å². The molecule has 0 spiro atoms. The van der Waals surface area contributed by atoms with Gasteiger partial charge in [0.1, 0.15) is 0 Å².